The van der Waals surface area contributed by atoms with Crippen LogP contribution in [0, 0.1) is 25.6 Å². The van der Waals surface area contributed by atoms with Crippen LogP contribution in [0.25, 0.3) is 0 Å². The van der Waals surface area contributed by atoms with Crippen molar-refractivity contribution in [3.63, 3.8) is 0 Å². The van der Waals surface area contributed by atoms with Crippen LogP contribution >= 0.6 is 0 Å². The summed E-state index contributed by atoms with van der Waals surface area (Å²) in [7, 11) is 1.31. The van der Waals surface area contributed by atoms with Gasteiger partial charge in [-0.25, -0.2) is 9.18 Å². The maximum atomic E-state index is 13.6. The van der Waals surface area contributed by atoms with Gasteiger partial charge in [0.25, 0.3) is 0 Å². The normalized spacial score (nSPS) is 14.3. The van der Waals surface area contributed by atoms with Crippen LogP contribution in [-0.4, -0.2) is 40.3 Å². The molecule has 1 aliphatic carbocycles. The summed E-state index contributed by atoms with van der Waals surface area (Å²) in [5.41, 5.74) is 2.80. The van der Waals surface area contributed by atoms with Crippen LogP contribution in [0.2, 0.25) is 0 Å². The minimum atomic E-state index is -0.728. The number of ketones is 1. The summed E-state index contributed by atoms with van der Waals surface area (Å²) in [6.07, 6.45) is 1.63. The zero-order chi connectivity index (χ0) is 22.9. The van der Waals surface area contributed by atoms with Crippen molar-refractivity contribution in [2.24, 2.45) is 5.92 Å². The van der Waals surface area contributed by atoms with Gasteiger partial charge >= 0.3 is 5.97 Å². The largest absolute Gasteiger partial charge is 0.464 e. The van der Waals surface area contributed by atoms with E-state index >= 15 is 0 Å². The lowest BCUT2D eigenvalue weighted by molar-refractivity contribution is -0.134. The van der Waals surface area contributed by atoms with Gasteiger partial charge in [0.15, 0.2) is 5.78 Å². The molecule has 1 aromatic carbocycles. The minimum Gasteiger partial charge on any atom is -0.464 e. The van der Waals surface area contributed by atoms with Crippen molar-refractivity contribution in [1.82, 2.24) is 9.47 Å². The average molecular weight is 429 g/mol. The molecule has 1 heterocycles. The third kappa shape index (κ3) is 4.40. The van der Waals surface area contributed by atoms with Gasteiger partial charge in [-0.2, -0.15) is 0 Å². The summed E-state index contributed by atoms with van der Waals surface area (Å²) in [4.78, 5) is 40.5. The number of amides is 1. The highest BCUT2D eigenvalue weighted by Crippen LogP contribution is 2.33. The number of halogens is 1. The number of ether oxygens (including phenoxy) is 1. The van der Waals surface area contributed by atoms with Crippen molar-refractivity contribution >= 4 is 17.7 Å². The van der Waals surface area contributed by atoms with E-state index in [9.17, 15) is 18.8 Å². The number of carbonyl (C=O) groups is 3. The van der Waals surface area contributed by atoms with Crippen molar-refractivity contribution in [2.45, 2.75) is 59.7 Å². The van der Waals surface area contributed by atoms with E-state index in [1.54, 1.807) is 42.4 Å². The first-order chi connectivity index (χ1) is 14.7. The summed E-state index contributed by atoms with van der Waals surface area (Å²) in [5.74, 6) is -1.20. The van der Waals surface area contributed by atoms with E-state index in [4.69, 9.17) is 4.74 Å². The molecule has 0 N–H and O–H groups in total. The quantitative estimate of drug-likeness (QED) is 0.470. The molecule has 2 aromatic rings. The molecular weight excluding hydrogens is 399 g/mol. The molecule has 3 rings (SSSR count). The number of methoxy groups -OCH3 is 1. The molecule has 1 aromatic heterocycles. The van der Waals surface area contributed by atoms with Gasteiger partial charge in [0.1, 0.15) is 11.5 Å². The highest BCUT2D eigenvalue weighted by Gasteiger charge is 2.38. The van der Waals surface area contributed by atoms with Crippen molar-refractivity contribution < 1.29 is 23.5 Å². The van der Waals surface area contributed by atoms with Crippen molar-refractivity contribution in [3.05, 3.63) is 58.2 Å². The number of esters is 1. The Kier molecular flexibility index (Phi) is 6.62. The van der Waals surface area contributed by atoms with Crippen molar-refractivity contribution in [3.8, 4) is 0 Å². The number of aromatic nitrogens is 1. The number of carbonyl (C=O) groups excluding carboxylic acids is 3. The van der Waals surface area contributed by atoms with Gasteiger partial charge in [-0.15, -0.1) is 0 Å². The average Bonchev–Trinajstić information content (AvgIpc) is 3.57. The molecule has 0 aliphatic heterocycles. The van der Waals surface area contributed by atoms with E-state index in [0.717, 1.165) is 18.4 Å². The van der Waals surface area contributed by atoms with E-state index in [0.29, 0.717) is 29.1 Å². The molecule has 0 saturated heterocycles. The Balaban J connectivity index is 1.98. The zero-order valence-corrected chi connectivity index (χ0v) is 18.7. The summed E-state index contributed by atoms with van der Waals surface area (Å²) in [6, 6.07) is 5.21. The molecule has 0 spiro atoms. The number of benzene rings is 1. The van der Waals surface area contributed by atoms with E-state index in [2.05, 4.69) is 0 Å². The van der Waals surface area contributed by atoms with Gasteiger partial charge < -0.3 is 14.2 Å². The lowest BCUT2D eigenvalue weighted by Crippen LogP contribution is -2.43. The topological polar surface area (TPSA) is 68.6 Å². The second-order valence-electron chi connectivity index (χ2n) is 8.08. The van der Waals surface area contributed by atoms with E-state index in [-0.39, 0.29) is 30.0 Å². The molecule has 31 heavy (non-hydrogen) atoms. The van der Waals surface area contributed by atoms with Crippen LogP contribution in [-0.2, 0) is 22.6 Å². The maximum Gasteiger partial charge on any atom is 0.354 e. The van der Waals surface area contributed by atoms with Crippen molar-refractivity contribution in [1.29, 1.82) is 0 Å². The second-order valence-corrected chi connectivity index (χ2v) is 8.08. The Morgan fingerprint density at radius 3 is 2.32 bits per heavy atom. The van der Waals surface area contributed by atoms with E-state index in [1.807, 2.05) is 6.92 Å². The Morgan fingerprint density at radius 1 is 1.19 bits per heavy atom. The second kappa shape index (κ2) is 9.04. The molecule has 1 saturated carbocycles. The molecule has 0 bridgehead atoms. The van der Waals surface area contributed by atoms with Gasteiger partial charge in [-0.1, -0.05) is 12.1 Å². The summed E-state index contributed by atoms with van der Waals surface area (Å²) >= 11 is 0. The fourth-order valence-corrected chi connectivity index (χ4v) is 4.12. The Bertz CT molecular complexity index is 1010. The van der Waals surface area contributed by atoms with Crippen molar-refractivity contribution in [2.75, 3.05) is 7.11 Å². The molecular formula is C24H29FN2O4. The summed E-state index contributed by atoms with van der Waals surface area (Å²) < 4.78 is 20.0. The number of hydrogen-bond acceptors (Lipinski definition) is 4. The van der Waals surface area contributed by atoms with Crippen LogP contribution < -0.4 is 0 Å². The van der Waals surface area contributed by atoms with Crippen LogP contribution in [0.1, 0.15) is 64.4 Å². The molecule has 1 amide bonds. The predicted octanol–water partition coefficient (Wildman–Crippen LogP) is 4.06. The Labute approximate surface area is 182 Å². The lowest BCUT2D eigenvalue weighted by Gasteiger charge is -2.29. The van der Waals surface area contributed by atoms with Gasteiger partial charge in [-0.3, -0.25) is 9.59 Å². The van der Waals surface area contributed by atoms with E-state index < -0.39 is 12.0 Å². The van der Waals surface area contributed by atoms with Gasteiger partial charge in [-0.05, 0) is 63.8 Å². The number of Topliss-reactive ketones (excluding diaryl/α,β-unsaturated/α-hetero) is 1. The molecule has 166 valence electrons. The first-order valence-electron chi connectivity index (χ1n) is 10.6. The smallest absolute Gasteiger partial charge is 0.354 e. The number of rotatable bonds is 8. The number of hydrogen-bond donors (Lipinski definition) is 0. The first-order valence-corrected chi connectivity index (χ1v) is 10.6. The summed E-state index contributed by atoms with van der Waals surface area (Å²) in [5, 5.41) is 0. The summed E-state index contributed by atoms with van der Waals surface area (Å²) in [6.45, 7) is 7.88. The number of nitrogens with zero attached hydrogens (tertiary/aromatic N) is 2. The zero-order valence-electron chi connectivity index (χ0n) is 18.7. The third-order valence-corrected chi connectivity index (χ3v) is 6.03. The molecule has 7 heteroatoms. The van der Waals surface area contributed by atoms with Crippen LogP contribution in [0.15, 0.2) is 24.3 Å². The molecule has 1 aliphatic rings. The van der Waals surface area contributed by atoms with Gasteiger partial charge in [0.2, 0.25) is 5.91 Å². The third-order valence-electron chi connectivity index (χ3n) is 6.03. The first kappa shape index (κ1) is 22.7. The van der Waals surface area contributed by atoms with Crippen LogP contribution in [0.4, 0.5) is 4.39 Å². The monoisotopic (exact) mass is 428 g/mol. The standard InChI is InChI=1S/C24H29FN2O4/c1-6-26-15(3)20(14(2)21(26)24(30)31-5)22(28)16(4)27(23(29)18-9-10-18)13-17-7-11-19(25)12-8-17/h7-8,11-12,16,18H,6,9-10,13H2,1-5H3/t16-/m1/s1. The fourth-order valence-electron chi connectivity index (χ4n) is 4.12. The maximum absolute atomic E-state index is 13.6. The highest BCUT2D eigenvalue weighted by molar-refractivity contribution is 6.06. The molecule has 6 nitrogen and oxygen atoms in total. The fraction of sp³-hybridized carbons (Fsp3) is 0.458. The predicted molar refractivity (Wildman–Crippen MR) is 114 cm³/mol. The van der Waals surface area contributed by atoms with Gasteiger partial charge in [0.05, 0.1) is 13.2 Å². The Morgan fingerprint density at radius 2 is 1.81 bits per heavy atom. The minimum absolute atomic E-state index is 0.0660. The molecule has 1 atom stereocenters. The highest BCUT2D eigenvalue weighted by atomic mass is 19.1. The molecule has 0 radical (unpaired) electrons. The van der Waals surface area contributed by atoms with E-state index in [1.165, 1.54) is 19.2 Å². The lowest BCUT2D eigenvalue weighted by atomic mass is 9.99. The van der Waals surface area contributed by atoms with Crippen LogP contribution in [0.3, 0.4) is 0 Å². The Hall–Kier alpha value is -2.96. The van der Waals surface area contributed by atoms with Crippen LogP contribution in [0.5, 0.6) is 0 Å². The van der Waals surface area contributed by atoms with Gasteiger partial charge in [0, 0.05) is 30.3 Å². The SMILES string of the molecule is CCn1c(C)c(C(=O)[C@@H](C)N(Cc2ccc(F)cc2)C(=O)C2CC2)c(C)c1C(=O)OC. The molecule has 0 unspecified atom stereocenters. The molecule has 1 fully saturated rings.